The Bertz CT molecular complexity index is 510. The van der Waals surface area contributed by atoms with E-state index >= 15 is 0 Å². The van der Waals surface area contributed by atoms with Crippen LogP contribution in [0.5, 0.6) is 0 Å². The fraction of sp³-hybridized carbons (Fsp3) is 0.611. The Labute approximate surface area is 137 Å². The van der Waals surface area contributed by atoms with Gasteiger partial charge in [0.15, 0.2) is 0 Å². The highest BCUT2D eigenvalue weighted by Gasteiger charge is 2.28. The molecule has 1 heterocycles. The lowest BCUT2D eigenvalue weighted by Crippen LogP contribution is -2.46. The molecule has 1 aliphatic heterocycles. The Morgan fingerprint density at radius 3 is 2.30 bits per heavy atom. The lowest BCUT2D eigenvalue weighted by Gasteiger charge is -2.34. The molecule has 5 heteroatoms. The molecule has 2 rings (SSSR count). The number of carbonyl (C=O) groups excluding carboxylic acids is 1. The van der Waals surface area contributed by atoms with E-state index in [1.807, 2.05) is 0 Å². The lowest BCUT2D eigenvalue weighted by atomic mass is 9.94. The maximum absolute atomic E-state index is 12.9. The molecule has 23 heavy (non-hydrogen) atoms. The average Bonchev–Trinajstić information content (AvgIpc) is 2.54. The van der Waals surface area contributed by atoms with Gasteiger partial charge in [0, 0.05) is 12.0 Å². The van der Waals surface area contributed by atoms with Gasteiger partial charge in [0.2, 0.25) is 5.91 Å². The summed E-state index contributed by atoms with van der Waals surface area (Å²) in [5.74, 6) is -0.329. The largest absolute Gasteiger partial charge is 0.386 e. The fourth-order valence-electron chi connectivity index (χ4n) is 3.05. The maximum atomic E-state index is 12.9. The van der Waals surface area contributed by atoms with Gasteiger partial charge in [-0.05, 0) is 64.4 Å². The van der Waals surface area contributed by atoms with Gasteiger partial charge in [-0.2, -0.15) is 0 Å². The molecule has 1 aromatic rings. The third-order valence-corrected chi connectivity index (χ3v) is 4.69. The van der Waals surface area contributed by atoms with Crippen molar-refractivity contribution in [1.82, 2.24) is 10.2 Å². The van der Waals surface area contributed by atoms with Crippen LogP contribution in [-0.2, 0) is 4.79 Å². The number of nitrogens with one attached hydrogen (secondary N) is 1. The minimum atomic E-state index is -0.838. The second-order valence-electron chi connectivity index (χ2n) is 6.70. The van der Waals surface area contributed by atoms with Crippen molar-refractivity contribution in [3.63, 3.8) is 0 Å². The number of carbonyl (C=O) groups is 1. The zero-order valence-corrected chi connectivity index (χ0v) is 14.1. The summed E-state index contributed by atoms with van der Waals surface area (Å²) in [6.45, 7) is 7.98. The van der Waals surface area contributed by atoms with Crippen molar-refractivity contribution in [2.75, 3.05) is 13.1 Å². The first-order valence-electron chi connectivity index (χ1n) is 8.36. The van der Waals surface area contributed by atoms with E-state index in [2.05, 4.69) is 24.1 Å². The van der Waals surface area contributed by atoms with E-state index in [4.69, 9.17) is 0 Å². The summed E-state index contributed by atoms with van der Waals surface area (Å²) in [6.07, 6.45) is 0.863. The molecule has 2 N–H and O–H groups in total. The number of hydrogen-bond donors (Lipinski definition) is 2. The second-order valence-corrected chi connectivity index (χ2v) is 6.70. The van der Waals surface area contributed by atoms with E-state index in [1.54, 1.807) is 19.1 Å². The van der Waals surface area contributed by atoms with Crippen molar-refractivity contribution < 1.29 is 14.3 Å². The van der Waals surface area contributed by atoms with Crippen LogP contribution >= 0.6 is 0 Å². The van der Waals surface area contributed by atoms with Gasteiger partial charge in [0.1, 0.15) is 5.82 Å². The summed E-state index contributed by atoms with van der Waals surface area (Å²) in [7, 11) is 0. The molecule has 4 nitrogen and oxygen atoms in total. The Kier molecular flexibility index (Phi) is 6.13. The number of likely N-dealkylation sites (tertiary alicyclic amines) is 1. The van der Waals surface area contributed by atoms with Crippen LogP contribution < -0.4 is 5.32 Å². The predicted molar refractivity (Wildman–Crippen MR) is 88.4 cm³/mol. The molecule has 0 bridgehead atoms. The Balaban J connectivity index is 1.86. The van der Waals surface area contributed by atoms with Gasteiger partial charge in [-0.25, -0.2) is 4.39 Å². The predicted octanol–water partition coefficient (Wildman–Crippen LogP) is 2.48. The van der Waals surface area contributed by atoms with Crippen LogP contribution in [0.25, 0.3) is 0 Å². The molecule has 128 valence electrons. The summed E-state index contributed by atoms with van der Waals surface area (Å²) >= 11 is 0. The number of piperidine rings is 1. The molecule has 0 saturated carbocycles. The highest BCUT2D eigenvalue weighted by molar-refractivity contribution is 5.79. The number of aliphatic hydroxyl groups is 1. The smallest absolute Gasteiger partial charge is 0.223 e. The van der Waals surface area contributed by atoms with Crippen molar-refractivity contribution in [2.24, 2.45) is 5.92 Å². The number of halogens is 1. The lowest BCUT2D eigenvalue weighted by molar-refractivity contribution is -0.128. The molecule has 1 amide bonds. The first-order valence-corrected chi connectivity index (χ1v) is 8.36. The molecule has 0 spiro atoms. The minimum absolute atomic E-state index is 0.00191. The summed E-state index contributed by atoms with van der Waals surface area (Å²) in [5, 5.41) is 13.2. The first-order chi connectivity index (χ1) is 10.9. The Morgan fingerprint density at radius 2 is 1.78 bits per heavy atom. The zero-order chi connectivity index (χ0) is 17.0. The molecule has 2 unspecified atom stereocenters. The molecule has 1 aromatic carbocycles. The van der Waals surface area contributed by atoms with Crippen molar-refractivity contribution in [2.45, 2.75) is 51.8 Å². The van der Waals surface area contributed by atoms with Gasteiger partial charge in [0.05, 0.1) is 12.1 Å². The Hall–Kier alpha value is -1.46. The van der Waals surface area contributed by atoms with E-state index in [1.165, 1.54) is 12.1 Å². The molecule has 0 aliphatic carbocycles. The van der Waals surface area contributed by atoms with Crippen LogP contribution in [0.2, 0.25) is 0 Å². The number of benzene rings is 1. The van der Waals surface area contributed by atoms with Crippen LogP contribution in [0, 0.1) is 11.7 Å². The minimum Gasteiger partial charge on any atom is -0.386 e. The van der Waals surface area contributed by atoms with Gasteiger partial charge in [-0.15, -0.1) is 0 Å². The number of nitrogens with zero attached hydrogens (tertiary/aromatic N) is 1. The second kappa shape index (κ2) is 7.88. The summed E-state index contributed by atoms with van der Waals surface area (Å²) in [4.78, 5) is 14.7. The van der Waals surface area contributed by atoms with E-state index in [-0.39, 0.29) is 17.6 Å². The summed E-state index contributed by atoms with van der Waals surface area (Å²) < 4.78 is 12.9. The van der Waals surface area contributed by atoms with Gasteiger partial charge in [-0.3, -0.25) is 4.79 Å². The van der Waals surface area contributed by atoms with Crippen LogP contribution in [0.4, 0.5) is 4.39 Å². The fourth-order valence-corrected chi connectivity index (χ4v) is 3.05. The molecule has 0 radical (unpaired) electrons. The van der Waals surface area contributed by atoms with Gasteiger partial charge in [0.25, 0.3) is 0 Å². The van der Waals surface area contributed by atoms with E-state index in [0.717, 1.165) is 25.9 Å². The third-order valence-electron chi connectivity index (χ3n) is 4.69. The SMILES string of the molecule is CC(NC(=O)C1CCN(C(C)C)CC1)C(O)c1ccc(F)cc1. The van der Waals surface area contributed by atoms with Gasteiger partial charge >= 0.3 is 0 Å². The van der Waals surface area contributed by atoms with Crippen molar-refractivity contribution in [3.8, 4) is 0 Å². The average molecular weight is 322 g/mol. The summed E-state index contributed by atoms with van der Waals surface area (Å²) in [6, 6.07) is 5.83. The Morgan fingerprint density at radius 1 is 1.22 bits per heavy atom. The van der Waals surface area contributed by atoms with E-state index < -0.39 is 12.1 Å². The van der Waals surface area contributed by atoms with Crippen LogP contribution in [0.3, 0.4) is 0 Å². The maximum Gasteiger partial charge on any atom is 0.223 e. The standard InChI is InChI=1S/C18H27FN2O2/c1-12(2)21-10-8-15(9-11-21)18(23)20-13(3)17(22)14-4-6-16(19)7-5-14/h4-7,12-13,15,17,22H,8-11H2,1-3H3,(H,20,23). The van der Waals surface area contributed by atoms with Crippen molar-refractivity contribution >= 4 is 5.91 Å². The van der Waals surface area contributed by atoms with Gasteiger partial charge < -0.3 is 15.3 Å². The summed E-state index contributed by atoms with van der Waals surface area (Å²) in [5.41, 5.74) is 0.605. The molecule has 1 aliphatic rings. The molecular formula is C18H27FN2O2. The highest BCUT2D eigenvalue weighted by Crippen LogP contribution is 2.21. The molecular weight excluding hydrogens is 295 g/mol. The van der Waals surface area contributed by atoms with Crippen molar-refractivity contribution in [1.29, 1.82) is 0 Å². The van der Waals surface area contributed by atoms with Crippen molar-refractivity contribution in [3.05, 3.63) is 35.6 Å². The zero-order valence-electron chi connectivity index (χ0n) is 14.1. The quantitative estimate of drug-likeness (QED) is 0.876. The van der Waals surface area contributed by atoms with E-state index in [9.17, 15) is 14.3 Å². The third kappa shape index (κ3) is 4.75. The first kappa shape index (κ1) is 17.9. The highest BCUT2D eigenvalue weighted by atomic mass is 19.1. The molecule has 1 saturated heterocycles. The molecule has 1 fully saturated rings. The number of aliphatic hydroxyl groups excluding tert-OH is 1. The van der Waals surface area contributed by atoms with E-state index in [0.29, 0.717) is 11.6 Å². The number of amides is 1. The number of rotatable bonds is 5. The van der Waals surface area contributed by atoms with Gasteiger partial charge in [-0.1, -0.05) is 12.1 Å². The molecule has 0 aromatic heterocycles. The number of hydrogen-bond acceptors (Lipinski definition) is 3. The monoisotopic (exact) mass is 322 g/mol. The van der Waals surface area contributed by atoms with Crippen LogP contribution in [0.1, 0.15) is 45.3 Å². The normalized spacial score (nSPS) is 19.6. The van der Waals surface area contributed by atoms with Crippen LogP contribution in [0.15, 0.2) is 24.3 Å². The topological polar surface area (TPSA) is 52.6 Å². The van der Waals surface area contributed by atoms with Crippen LogP contribution in [-0.4, -0.2) is 41.1 Å². The molecule has 2 atom stereocenters.